The molecule has 0 bridgehead atoms. The van der Waals surface area contributed by atoms with Crippen molar-refractivity contribution in [1.82, 2.24) is 5.32 Å². The van der Waals surface area contributed by atoms with Crippen LogP contribution in [0.3, 0.4) is 0 Å². The maximum Gasteiger partial charge on any atom is 0.305 e. The van der Waals surface area contributed by atoms with Crippen molar-refractivity contribution >= 4 is 17.8 Å². The molecule has 1 amide bonds. The maximum absolute atomic E-state index is 12.2. The first-order valence-corrected chi connectivity index (χ1v) is 7.59. The number of carbonyl (C=O) groups is 3. The van der Waals surface area contributed by atoms with Crippen molar-refractivity contribution in [2.45, 2.75) is 46.1 Å². The van der Waals surface area contributed by atoms with E-state index in [9.17, 15) is 14.4 Å². The van der Waals surface area contributed by atoms with E-state index in [1.54, 1.807) is 0 Å². The maximum atomic E-state index is 12.2. The fourth-order valence-corrected chi connectivity index (χ4v) is 1.44. The predicted molar refractivity (Wildman–Crippen MR) is 82.1 cm³/mol. The van der Waals surface area contributed by atoms with E-state index in [0.717, 1.165) is 0 Å². The van der Waals surface area contributed by atoms with Gasteiger partial charge in [0.1, 0.15) is 0 Å². The van der Waals surface area contributed by atoms with E-state index in [1.807, 2.05) is 20.8 Å². The number of amides is 1. The molecule has 0 spiro atoms. The van der Waals surface area contributed by atoms with Crippen molar-refractivity contribution in [3.05, 3.63) is 0 Å². The molecule has 0 saturated carbocycles. The van der Waals surface area contributed by atoms with E-state index in [-0.39, 0.29) is 45.2 Å². The van der Waals surface area contributed by atoms with Crippen LogP contribution in [0.2, 0.25) is 0 Å². The standard InChI is InChI=1S/C15H27NO7/c1-4-15(2,3)14(21)16-11(9-22-7-5-12(17)18)10-23-8-6-13(19)20/h11H,4-10H2,1-3H3,(H,16,21)(H,17,18)(H,19,20). The first kappa shape index (κ1) is 21.3. The van der Waals surface area contributed by atoms with Crippen molar-refractivity contribution in [2.75, 3.05) is 26.4 Å². The molecule has 0 aromatic rings. The highest BCUT2D eigenvalue weighted by Gasteiger charge is 2.27. The van der Waals surface area contributed by atoms with Crippen molar-refractivity contribution in [3.63, 3.8) is 0 Å². The fraction of sp³-hybridized carbons (Fsp3) is 0.800. The van der Waals surface area contributed by atoms with Gasteiger partial charge in [-0.15, -0.1) is 0 Å². The van der Waals surface area contributed by atoms with Crippen LogP contribution in [-0.4, -0.2) is 60.5 Å². The summed E-state index contributed by atoms with van der Waals surface area (Å²) < 4.78 is 10.5. The zero-order valence-corrected chi connectivity index (χ0v) is 14.0. The van der Waals surface area contributed by atoms with E-state index in [2.05, 4.69) is 5.32 Å². The van der Waals surface area contributed by atoms with Crippen LogP contribution in [0.15, 0.2) is 0 Å². The zero-order valence-electron chi connectivity index (χ0n) is 14.0. The molecule has 0 aliphatic rings. The molecule has 0 heterocycles. The van der Waals surface area contributed by atoms with Gasteiger partial charge in [0.15, 0.2) is 0 Å². The zero-order chi connectivity index (χ0) is 17.9. The summed E-state index contributed by atoms with van der Waals surface area (Å²) in [6, 6.07) is -0.462. The minimum absolute atomic E-state index is 0.0357. The topological polar surface area (TPSA) is 122 Å². The predicted octanol–water partition coefficient (Wildman–Crippen LogP) is 0.890. The largest absolute Gasteiger partial charge is 0.481 e. The van der Waals surface area contributed by atoms with Gasteiger partial charge in [0, 0.05) is 5.41 Å². The first-order valence-electron chi connectivity index (χ1n) is 7.59. The van der Waals surface area contributed by atoms with Crippen LogP contribution in [0.25, 0.3) is 0 Å². The normalized spacial score (nSPS) is 11.5. The summed E-state index contributed by atoms with van der Waals surface area (Å²) in [5, 5.41) is 19.9. The Bertz CT molecular complexity index is 373. The Morgan fingerprint density at radius 1 is 1.00 bits per heavy atom. The van der Waals surface area contributed by atoms with Crippen molar-refractivity contribution in [2.24, 2.45) is 5.41 Å². The monoisotopic (exact) mass is 333 g/mol. The summed E-state index contributed by atoms with van der Waals surface area (Å²) >= 11 is 0. The Kier molecular flexibility index (Phi) is 10.2. The van der Waals surface area contributed by atoms with Crippen molar-refractivity contribution < 1.29 is 34.1 Å². The molecule has 8 nitrogen and oxygen atoms in total. The SMILES string of the molecule is CCC(C)(C)C(=O)NC(COCCC(=O)O)COCCC(=O)O. The summed E-state index contributed by atoms with van der Waals surface area (Å²) in [6.07, 6.45) is 0.410. The average molecular weight is 333 g/mol. The van der Waals surface area contributed by atoms with Crippen LogP contribution in [0, 0.1) is 5.41 Å². The van der Waals surface area contributed by atoms with Gasteiger partial charge in [0.25, 0.3) is 0 Å². The van der Waals surface area contributed by atoms with Crippen LogP contribution >= 0.6 is 0 Å². The highest BCUT2D eigenvalue weighted by Crippen LogP contribution is 2.19. The highest BCUT2D eigenvalue weighted by molar-refractivity contribution is 5.82. The lowest BCUT2D eigenvalue weighted by molar-refractivity contribution is -0.139. The van der Waals surface area contributed by atoms with Crippen LogP contribution in [-0.2, 0) is 23.9 Å². The minimum atomic E-state index is -0.963. The van der Waals surface area contributed by atoms with E-state index in [4.69, 9.17) is 19.7 Å². The third kappa shape index (κ3) is 10.6. The van der Waals surface area contributed by atoms with Gasteiger partial charge in [0.05, 0.1) is 45.3 Å². The number of hydrogen-bond donors (Lipinski definition) is 3. The third-order valence-corrected chi connectivity index (χ3v) is 3.39. The number of carboxylic acid groups (broad SMARTS) is 2. The van der Waals surface area contributed by atoms with Gasteiger partial charge in [-0.05, 0) is 6.42 Å². The number of nitrogens with one attached hydrogen (secondary N) is 1. The van der Waals surface area contributed by atoms with E-state index in [0.29, 0.717) is 6.42 Å². The second-order valence-corrected chi connectivity index (χ2v) is 5.85. The van der Waals surface area contributed by atoms with Crippen LogP contribution < -0.4 is 5.32 Å². The molecular weight excluding hydrogens is 306 g/mol. The molecule has 0 aliphatic carbocycles. The van der Waals surface area contributed by atoms with Gasteiger partial charge < -0.3 is 25.0 Å². The third-order valence-electron chi connectivity index (χ3n) is 3.39. The molecule has 0 aromatic heterocycles. The molecule has 23 heavy (non-hydrogen) atoms. The van der Waals surface area contributed by atoms with E-state index in [1.165, 1.54) is 0 Å². The molecule has 0 rings (SSSR count). The minimum Gasteiger partial charge on any atom is -0.481 e. The summed E-state index contributed by atoms with van der Waals surface area (Å²) in [5.41, 5.74) is -0.541. The molecule has 0 aliphatic heterocycles. The van der Waals surface area contributed by atoms with Crippen LogP contribution in [0.5, 0.6) is 0 Å². The van der Waals surface area contributed by atoms with E-state index >= 15 is 0 Å². The lowest BCUT2D eigenvalue weighted by Gasteiger charge is -2.26. The second-order valence-electron chi connectivity index (χ2n) is 5.85. The molecule has 0 unspecified atom stereocenters. The second kappa shape index (κ2) is 11.0. The van der Waals surface area contributed by atoms with Crippen LogP contribution in [0.1, 0.15) is 40.0 Å². The summed E-state index contributed by atoms with van der Waals surface area (Å²) in [5.74, 6) is -2.08. The number of carbonyl (C=O) groups excluding carboxylic acids is 1. The highest BCUT2D eigenvalue weighted by atomic mass is 16.5. The van der Waals surface area contributed by atoms with Crippen molar-refractivity contribution in [3.8, 4) is 0 Å². The molecule has 0 saturated heterocycles. The quantitative estimate of drug-likeness (QED) is 0.428. The summed E-state index contributed by atoms with van der Waals surface area (Å²) in [6.45, 7) is 5.81. The Labute approximate surface area is 136 Å². The molecule has 8 heteroatoms. The van der Waals surface area contributed by atoms with Crippen molar-refractivity contribution in [1.29, 1.82) is 0 Å². The van der Waals surface area contributed by atoms with E-state index < -0.39 is 23.4 Å². The van der Waals surface area contributed by atoms with Gasteiger partial charge in [0.2, 0.25) is 5.91 Å². The Morgan fingerprint density at radius 2 is 1.43 bits per heavy atom. The molecule has 0 radical (unpaired) electrons. The number of rotatable bonds is 13. The fourth-order valence-electron chi connectivity index (χ4n) is 1.44. The Hall–Kier alpha value is -1.67. The molecule has 0 fully saturated rings. The molecule has 3 N–H and O–H groups in total. The van der Waals surface area contributed by atoms with Gasteiger partial charge in [-0.2, -0.15) is 0 Å². The number of hydrogen-bond acceptors (Lipinski definition) is 5. The van der Waals surface area contributed by atoms with Gasteiger partial charge in [-0.1, -0.05) is 20.8 Å². The molecular formula is C15H27NO7. The lowest BCUT2D eigenvalue weighted by Crippen LogP contribution is -2.47. The lowest BCUT2D eigenvalue weighted by atomic mass is 9.89. The van der Waals surface area contributed by atoms with Gasteiger partial charge in [-0.25, -0.2) is 0 Å². The molecule has 0 aromatic carbocycles. The summed E-state index contributed by atoms with van der Waals surface area (Å²) in [7, 11) is 0. The number of aliphatic carboxylic acids is 2. The van der Waals surface area contributed by atoms with Gasteiger partial charge >= 0.3 is 11.9 Å². The molecule has 134 valence electrons. The van der Waals surface area contributed by atoms with Gasteiger partial charge in [-0.3, -0.25) is 14.4 Å². The number of carboxylic acids is 2. The Morgan fingerprint density at radius 3 is 1.78 bits per heavy atom. The molecule has 0 atom stereocenters. The number of ether oxygens (including phenoxy) is 2. The smallest absolute Gasteiger partial charge is 0.305 e. The Balaban J connectivity index is 4.38. The summed E-state index contributed by atoms with van der Waals surface area (Å²) in [4.78, 5) is 33.1. The van der Waals surface area contributed by atoms with Crippen LogP contribution in [0.4, 0.5) is 0 Å². The average Bonchev–Trinajstić information content (AvgIpc) is 2.46. The first-order chi connectivity index (χ1) is 10.7.